The molecule has 0 aliphatic heterocycles. The molecule has 0 aromatic rings. The second kappa shape index (κ2) is 12.3. The lowest BCUT2D eigenvalue weighted by Crippen LogP contribution is -2.56. The summed E-state index contributed by atoms with van der Waals surface area (Å²) in [5.41, 5.74) is 0. The van der Waals surface area contributed by atoms with Crippen LogP contribution in [0.4, 0.5) is 0 Å². The zero-order valence-electron chi connectivity index (χ0n) is 17.6. The summed E-state index contributed by atoms with van der Waals surface area (Å²) in [5, 5.41) is 26.1. The Kier molecular flexibility index (Phi) is 11.4. The Hall–Kier alpha value is -2.16. The van der Waals surface area contributed by atoms with E-state index in [1.54, 1.807) is 6.92 Å². The van der Waals surface area contributed by atoms with Gasteiger partial charge in [-0.1, -0.05) is 34.1 Å². The summed E-state index contributed by atoms with van der Waals surface area (Å²) in [7, 11) is 0. The quantitative estimate of drug-likeness (QED) is 0.320. The van der Waals surface area contributed by atoms with E-state index in [9.17, 15) is 29.4 Å². The highest BCUT2D eigenvalue weighted by atomic mass is 16.4. The Morgan fingerprint density at radius 1 is 0.893 bits per heavy atom. The molecule has 0 aliphatic carbocycles. The molecule has 9 heteroatoms. The maximum atomic E-state index is 12.6. The number of aliphatic carboxylic acids is 1. The first-order valence-corrected chi connectivity index (χ1v) is 9.69. The van der Waals surface area contributed by atoms with E-state index < -0.39 is 47.9 Å². The number of nitrogens with one attached hydrogen (secondary N) is 3. The summed E-state index contributed by atoms with van der Waals surface area (Å²) in [5.74, 6) is -2.86. The van der Waals surface area contributed by atoms with Crippen molar-refractivity contribution in [3.05, 3.63) is 0 Å². The predicted molar refractivity (Wildman–Crippen MR) is 104 cm³/mol. The van der Waals surface area contributed by atoms with E-state index in [1.165, 1.54) is 13.8 Å². The van der Waals surface area contributed by atoms with Crippen LogP contribution in [0.2, 0.25) is 0 Å². The van der Waals surface area contributed by atoms with Gasteiger partial charge in [-0.2, -0.15) is 0 Å². The third kappa shape index (κ3) is 9.68. The summed E-state index contributed by atoms with van der Waals surface area (Å²) in [6.45, 7) is 10.3. The van der Waals surface area contributed by atoms with Crippen molar-refractivity contribution in [3.63, 3.8) is 0 Å². The zero-order chi connectivity index (χ0) is 22.0. The Morgan fingerprint density at radius 3 is 1.89 bits per heavy atom. The van der Waals surface area contributed by atoms with Gasteiger partial charge in [0.15, 0.2) is 0 Å². The fraction of sp³-hybridized carbons (Fsp3) is 0.789. The highest BCUT2D eigenvalue weighted by Gasteiger charge is 2.30. The van der Waals surface area contributed by atoms with Crippen LogP contribution in [0.25, 0.3) is 0 Å². The minimum Gasteiger partial charge on any atom is -0.480 e. The fourth-order valence-electron chi connectivity index (χ4n) is 2.56. The number of amides is 3. The highest BCUT2D eigenvalue weighted by molar-refractivity contribution is 5.93. The number of aliphatic hydroxyl groups is 1. The molecule has 0 heterocycles. The number of hydrogen-bond acceptors (Lipinski definition) is 5. The molecule has 0 aromatic carbocycles. The number of carbonyl (C=O) groups is 4. The van der Waals surface area contributed by atoms with Gasteiger partial charge in [0, 0.05) is 0 Å². The van der Waals surface area contributed by atoms with Crippen LogP contribution in [0.1, 0.15) is 60.8 Å². The average Bonchev–Trinajstić information content (AvgIpc) is 2.56. The second-order valence-corrected chi connectivity index (χ2v) is 7.74. The molecular formula is C19H35N3O6. The van der Waals surface area contributed by atoms with Gasteiger partial charge in [0.1, 0.15) is 18.1 Å². The smallest absolute Gasteiger partial charge is 0.326 e. The molecule has 0 radical (unpaired) electrons. The van der Waals surface area contributed by atoms with Gasteiger partial charge in [-0.25, -0.2) is 4.79 Å². The van der Waals surface area contributed by atoms with Crippen molar-refractivity contribution in [2.75, 3.05) is 0 Å². The lowest BCUT2D eigenvalue weighted by atomic mass is 9.97. The Bertz CT molecular complexity index is 550. The molecule has 5 N–H and O–H groups in total. The van der Waals surface area contributed by atoms with Crippen LogP contribution < -0.4 is 16.0 Å². The Morgan fingerprint density at radius 2 is 1.46 bits per heavy atom. The first kappa shape index (κ1) is 25.8. The molecule has 0 aliphatic rings. The van der Waals surface area contributed by atoms with E-state index >= 15 is 0 Å². The predicted octanol–water partition coefficient (Wildman–Crippen LogP) is 0.408. The van der Waals surface area contributed by atoms with Gasteiger partial charge in [0.25, 0.3) is 0 Å². The summed E-state index contributed by atoms with van der Waals surface area (Å²) >= 11 is 0. The number of carboxylic acids is 1. The van der Waals surface area contributed by atoms with Crippen LogP contribution in [-0.2, 0) is 19.2 Å². The molecule has 3 amide bonds. The summed E-state index contributed by atoms with van der Waals surface area (Å²) in [6.07, 6.45) is -0.0826. The molecule has 0 fully saturated rings. The number of aliphatic hydroxyl groups excluding tert-OH is 1. The number of carbonyl (C=O) groups excluding carboxylic acids is 3. The summed E-state index contributed by atoms with van der Waals surface area (Å²) < 4.78 is 0. The highest BCUT2D eigenvalue weighted by Crippen LogP contribution is 2.10. The monoisotopic (exact) mass is 401 g/mol. The van der Waals surface area contributed by atoms with Crippen molar-refractivity contribution >= 4 is 23.7 Å². The van der Waals surface area contributed by atoms with Gasteiger partial charge in [-0.05, 0) is 32.1 Å². The zero-order valence-corrected chi connectivity index (χ0v) is 17.6. The summed E-state index contributed by atoms with van der Waals surface area (Å²) in [4.78, 5) is 48.1. The third-order valence-corrected chi connectivity index (χ3v) is 4.37. The van der Waals surface area contributed by atoms with Crippen LogP contribution in [-0.4, -0.2) is 58.1 Å². The van der Waals surface area contributed by atoms with Crippen LogP contribution >= 0.6 is 0 Å². The van der Waals surface area contributed by atoms with Crippen molar-refractivity contribution in [1.29, 1.82) is 0 Å². The standard InChI is InChI=1S/C19H35N3O6/c1-7-11(4)16(22-15(24)9-12(5)23)18(26)20-13(6)17(25)21-14(19(27)28)8-10(2)3/h10-14,16,23H,7-9H2,1-6H3,(H,20,26)(H,21,25)(H,22,24)(H,27,28). The van der Waals surface area contributed by atoms with Gasteiger partial charge in [-0.3, -0.25) is 14.4 Å². The largest absolute Gasteiger partial charge is 0.480 e. The number of hydrogen-bond donors (Lipinski definition) is 5. The van der Waals surface area contributed by atoms with Crippen molar-refractivity contribution in [1.82, 2.24) is 16.0 Å². The van der Waals surface area contributed by atoms with E-state index in [1.807, 2.05) is 20.8 Å². The maximum Gasteiger partial charge on any atom is 0.326 e. The van der Waals surface area contributed by atoms with Crippen LogP contribution in [0.3, 0.4) is 0 Å². The van der Waals surface area contributed by atoms with E-state index in [0.717, 1.165) is 0 Å². The molecular weight excluding hydrogens is 366 g/mol. The van der Waals surface area contributed by atoms with Crippen molar-refractivity contribution in [2.24, 2.45) is 11.8 Å². The average molecular weight is 402 g/mol. The molecule has 9 nitrogen and oxygen atoms in total. The number of rotatable bonds is 12. The molecule has 162 valence electrons. The third-order valence-electron chi connectivity index (χ3n) is 4.37. The lowest BCUT2D eigenvalue weighted by molar-refractivity contribution is -0.142. The Balaban J connectivity index is 5.00. The van der Waals surface area contributed by atoms with Crippen LogP contribution in [0.5, 0.6) is 0 Å². The van der Waals surface area contributed by atoms with Gasteiger partial charge in [0.05, 0.1) is 12.5 Å². The van der Waals surface area contributed by atoms with Gasteiger partial charge < -0.3 is 26.2 Å². The van der Waals surface area contributed by atoms with Crippen LogP contribution in [0.15, 0.2) is 0 Å². The molecule has 5 unspecified atom stereocenters. The molecule has 0 rings (SSSR count). The van der Waals surface area contributed by atoms with Crippen molar-refractivity contribution < 1.29 is 29.4 Å². The molecule has 0 bridgehead atoms. The second-order valence-electron chi connectivity index (χ2n) is 7.74. The number of carboxylic acid groups (broad SMARTS) is 1. The van der Waals surface area contributed by atoms with Crippen molar-refractivity contribution in [2.45, 2.75) is 85.0 Å². The molecule has 0 saturated heterocycles. The van der Waals surface area contributed by atoms with E-state index in [2.05, 4.69) is 16.0 Å². The first-order valence-electron chi connectivity index (χ1n) is 9.69. The van der Waals surface area contributed by atoms with E-state index in [-0.39, 0.29) is 24.7 Å². The minimum absolute atomic E-state index is 0.0743. The van der Waals surface area contributed by atoms with Gasteiger partial charge >= 0.3 is 5.97 Å². The molecule has 0 saturated carbocycles. The molecule has 5 atom stereocenters. The van der Waals surface area contributed by atoms with Gasteiger partial charge in [-0.15, -0.1) is 0 Å². The van der Waals surface area contributed by atoms with E-state index in [0.29, 0.717) is 6.42 Å². The molecule has 0 aromatic heterocycles. The topological polar surface area (TPSA) is 145 Å². The minimum atomic E-state index is -1.14. The van der Waals surface area contributed by atoms with Crippen molar-refractivity contribution in [3.8, 4) is 0 Å². The SMILES string of the molecule is CCC(C)C(NC(=O)CC(C)O)C(=O)NC(C)C(=O)NC(CC(C)C)C(=O)O. The maximum absolute atomic E-state index is 12.6. The van der Waals surface area contributed by atoms with Crippen LogP contribution in [0, 0.1) is 11.8 Å². The van der Waals surface area contributed by atoms with E-state index in [4.69, 9.17) is 0 Å². The Labute approximate surface area is 166 Å². The summed E-state index contributed by atoms with van der Waals surface area (Å²) in [6, 6.07) is -2.87. The molecule has 28 heavy (non-hydrogen) atoms. The molecule has 0 spiro atoms. The lowest BCUT2D eigenvalue weighted by Gasteiger charge is -2.26. The first-order chi connectivity index (χ1) is 12.9. The van der Waals surface area contributed by atoms with Gasteiger partial charge in [0.2, 0.25) is 17.7 Å². The fourth-order valence-corrected chi connectivity index (χ4v) is 2.56. The normalized spacial score (nSPS) is 16.4.